The van der Waals surface area contributed by atoms with Crippen molar-refractivity contribution in [2.75, 3.05) is 27.2 Å². The summed E-state index contributed by atoms with van der Waals surface area (Å²) in [7, 11) is -0.949. The van der Waals surface area contributed by atoms with E-state index < -0.39 is 14.9 Å². The minimum Gasteiger partial charge on any atom is -0.490 e. The number of sulfonamides is 1. The predicted molar refractivity (Wildman–Crippen MR) is 94.3 cm³/mol. The van der Waals surface area contributed by atoms with Gasteiger partial charge in [0, 0.05) is 25.2 Å². The van der Waals surface area contributed by atoms with Crippen molar-refractivity contribution in [1.82, 2.24) is 9.21 Å². The normalized spacial score (nSPS) is 17.2. The summed E-state index contributed by atoms with van der Waals surface area (Å²) in [6.07, 6.45) is 1.48. The molecule has 0 spiro atoms. The number of nitro groups is 1. The summed E-state index contributed by atoms with van der Waals surface area (Å²) < 4.78 is 32.0. The van der Waals surface area contributed by atoms with Gasteiger partial charge in [-0.3, -0.25) is 10.1 Å². The van der Waals surface area contributed by atoms with Crippen LogP contribution in [0.15, 0.2) is 23.1 Å². The standard InChI is InChI=1S/C16H25N3O5S/c1-12(2)18-9-7-13(8-10-18)17(3)25(22,23)14-5-6-16(24-4)15(11-14)19(20)21/h5-6,11-13H,7-10H2,1-4H3. The Bertz CT molecular complexity index is 727. The van der Waals surface area contributed by atoms with Crippen molar-refractivity contribution in [3.8, 4) is 5.75 Å². The third-order valence-corrected chi connectivity index (χ3v) is 6.67. The lowest BCUT2D eigenvalue weighted by atomic mass is 10.0. The van der Waals surface area contributed by atoms with E-state index >= 15 is 0 Å². The van der Waals surface area contributed by atoms with Gasteiger partial charge in [0.15, 0.2) is 5.75 Å². The fourth-order valence-corrected chi connectivity index (χ4v) is 4.54. The fraction of sp³-hybridized carbons (Fsp3) is 0.625. The second kappa shape index (κ2) is 7.67. The van der Waals surface area contributed by atoms with E-state index in [0.717, 1.165) is 32.0 Å². The molecule has 1 aromatic rings. The minimum atomic E-state index is -3.80. The molecule has 0 radical (unpaired) electrons. The van der Waals surface area contributed by atoms with Crippen LogP contribution < -0.4 is 4.74 Å². The van der Waals surface area contributed by atoms with Crippen LogP contribution in [0.4, 0.5) is 5.69 Å². The van der Waals surface area contributed by atoms with Crippen LogP contribution in [0.25, 0.3) is 0 Å². The maximum Gasteiger partial charge on any atom is 0.312 e. The number of methoxy groups -OCH3 is 1. The van der Waals surface area contributed by atoms with Crippen LogP contribution in [0.2, 0.25) is 0 Å². The average molecular weight is 371 g/mol. The first-order valence-electron chi connectivity index (χ1n) is 8.23. The number of ether oxygens (including phenoxy) is 1. The third kappa shape index (κ3) is 4.10. The van der Waals surface area contributed by atoms with Gasteiger partial charge >= 0.3 is 5.69 Å². The van der Waals surface area contributed by atoms with E-state index in [2.05, 4.69) is 18.7 Å². The topological polar surface area (TPSA) is 93.0 Å². The number of hydrogen-bond acceptors (Lipinski definition) is 6. The third-order valence-electron chi connectivity index (χ3n) is 4.77. The van der Waals surface area contributed by atoms with Gasteiger partial charge in [0.2, 0.25) is 10.0 Å². The SMILES string of the molecule is COc1ccc(S(=O)(=O)N(C)C2CCN(C(C)C)CC2)cc1[N+](=O)[O-]. The number of hydrogen-bond donors (Lipinski definition) is 0. The molecule has 1 aliphatic heterocycles. The van der Waals surface area contributed by atoms with Crippen LogP contribution in [0.3, 0.4) is 0 Å². The van der Waals surface area contributed by atoms with Crippen LogP contribution in [0, 0.1) is 10.1 Å². The van der Waals surface area contributed by atoms with E-state index in [1.54, 1.807) is 7.05 Å². The molecule has 140 valence electrons. The van der Waals surface area contributed by atoms with E-state index in [9.17, 15) is 18.5 Å². The van der Waals surface area contributed by atoms with E-state index in [-0.39, 0.29) is 22.4 Å². The molecule has 9 heteroatoms. The highest BCUT2D eigenvalue weighted by molar-refractivity contribution is 7.89. The highest BCUT2D eigenvalue weighted by atomic mass is 32.2. The Kier molecular flexibility index (Phi) is 6.02. The molecule has 1 saturated heterocycles. The summed E-state index contributed by atoms with van der Waals surface area (Å²) in [6.45, 7) is 5.92. The van der Waals surface area contributed by atoms with Crippen molar-refractivity contribution in [2.45, 2.75) is 43.7 Å². The van der Waals surface area contributed by atoms with Gasteiger partial charge < -0.3 is 9.64 Å². The maximum atomic E-state index is 12.9. The molecular formula is C16H25N3O5S. The van der Waals surface area contributed by atoms with Gasteiger partial charge in [0.25, 0.3) is 0 Å². The van der Waals surface area contributed by atoms with Crippen molar-refractivity contribution in [2.24, 2.45) is 0 Å². The van der Waals surface area contributed by atoms with Gasteiger partial charge in [0.1, 0.15) is 0 Å². The summed E-state index contributed by atoms with van der Waals surface area (Å²) in [4.78, 5) is 12.7. The van der Waals surface area contributed by atoms with Gasteiger partial charge in [-0.25, -0.2) is 8.42 Å². The largest absolute Gasteiger partial charge is 0.490 e. The minimum absolute atomic E-state index is 0.0387. The van der Waals surface area contributed by atoms with Gasteiger partial charge in [-0.05, 0) is 51.9 Å². The van der Waals surface area contributed by atoms with Crippen LogP contribution >= 0.6 is 0 Å². The van der Waals surface area contributed by atoms with E-state index in [1.807, 2.05) is 0 Å². The Morgan fingerprint density at radius 2 is 1.92 bits per heavy atom. The highest BCUT2D eigenvalue weighted by Crippen LogP contribution is 2.31. The molecule has 0 atom stereocenters. The maximum absolute atomic E-state index is 12.9. The first-order valence-corrected chi connectivity index (χ1v) is 9.67. The molecule has 0 N–H and O–H groups in total. The number of nitro benzene ring substituents is 1. The second-order valence-corrected chi connectivity index (χ2v) is 8.47. The van der Waals surface area contributed by atoms with Crippen molar-refractivity contribution >= 4 is 15.7 Å². The Morgan fingerprint density at radius 1 is 1.32 bits per heavy atom. The lowest BCUT2D eigenvalue weighted by Crippen LogP contribution is -2.47. The average Bonchev–Trinajstić information content (AvgIpc) is 2.60. The summed E-state index contributed by atoms with van der Waals surface area (Å²) in [6, 6.07) is 4.06. The fourth-order valence-electron chi connectivity index (χ4n) is 3.10. The number of nitrogens with zero attached hydrogens (tertiary/aromatic N) is 3. The molecular weight excluding hydrogens is 346 g/mol. The molecule has 0 unspecified atom stereocenters. The van der Waals surface area contributed by atoms with Gasteiger partial charge in [0.05, 0.1) is 16.9 Å². The Labute approximate surface area is 148 Å². The van der Waals surface area contributed by atoms with Gasteiger partial charge in [-0.15, -0.1) is 0 Å². The van der Waals surface area contributed by atoms with Crippen LogP contribution in [0.5, 0.6) is 5.75 Å². The zero-order valence-corrected chi connectivity index (χ0v) is 15.8. The summed E-state index contributed by atoms with van der Waals surface area (Å²) in [5, 5.41) is 11.1. The second-order valence-electron chi connectivity index (χ2n) is 6.47. The number of rotatable bonds is 6. The molecule has 0 saturated carbocycles. The molecule has 8 nitrogen and oxygen atoms in total. The van der Waals surface area contributed by atoms with Crippen molar-refractivity contribution in [3.05, 3.63) is 28.3 Å². The molecule has 2 rings (SSSR count). The molecule has 0 amide bonds. The number of piperidine rings is 1. The molecule has 1 aliphatic rings. The smallest absolute Gasteiger partial charge is 0.312 e. The summed E-state index contributed by atoms with van der Waals surface area (Å²) in [5.74, 6) is 0.0387. The van der Waals surface area contributed by atoms with Gasteiger partial charge in [-0.1, -0.05) is 0 Å². The van der Waals surface area contributed by atoms with Crippen LogP contribution in [-0.4, -0.2) is 61.9 Å². The molecule has 25 heavy (non-hydrogen) atoms. The van der Waals surface area contributed by atoms with Crippen LogP contribution in [0.1, 0.15) is 26.7 Å². The van der Waals surface area contributed by atoms with E-state index in [4.69, 9.17) is 4.74 Å². The molecule has 0 aromatic heterocycles. The molecule has 0 bridgehead atoms. The Balaban J connectivity index is 2.24. The number of benzene rings is 1. The zero-order chi connectivity index (χ0) is 18.8. The predicted octanol–water partition coefficient (Wildman–Crippen LogP) is 2.10. The van der Waals surface area contributed by atoms with Crippen LogP contribution in [-0.2, 0) is 10.0 Å². The first kappa shape index (κ1) is 19.6. The molecule has 1 fully saturated rings. The van der Waals surface area contributed by atoms with Crippen molar-refractivity contribution in [1.29, 1.82) is 0 Å². The quantitative estimate of drug-likeness (QED) is 0.561. The molecule has 1 heterocycles. The molecule has 1 aromatic carbocycles. The van der Waals surface area contributed by atoms with E-state index in [1.165, 1.54) is 23.5 Å². The van der Waals surface area contributed by atoms with Crippen molar-refractivity contribution in [3.63, 3.8) is 0 Å². The lowest BCUT2D eigenvalue weighted by molar-refractivity contribution is -0.386. The molecule has 0 aliphatic carbocycles. The number of likely N-dealkylation sites (tertiary alicyclic amines) is 1. The van der Waals surface area contributed by atoms with E-state index in [0.29, 0.717) is 6.04 Å². The summed E-state index contributed by atoms with van der Waals surface area (Å²) in [5.41, 5.74) is -0.355. The Hall–Kier alpha value is -1.71. The lowest BCUT2D eigenvalue weighted by Gasteiger charge is -2.37. The monoisotopic (exact) mass is 371 g/mol. The zero-order valence-electron chi connectivity index (χ0n) is 15.0. The Morgan fingerprint density at radius 3 is 2.40 bits per heavy atom. The highest BCUT2D eigenvalue weighted by Gasteiger charge is 2.32. The van der Waals surface area contributed by atoms with Crippen molar-refractivity contribution < 1.29 is 18.1 Å². The summed E-state index contributed by atoms with van der Waals surface area (Å²) >= 11 is 0. The van der Waals surface area contributed by atoms with Gasteiger partial charge in [-0.2, -0.15) is 4.31 Å². The first-order chi connectivity index (χ1) is 11.7.